The van der Waals surface area contributed by atoms with Crippen molar-refractivity contribution in [2.75, 3.05) is 5.75 Å². The molecule has 1 rings (SSSR count). The molecule has 92 valence electrons. The van der Waals surface area contributed by atoms with E-state index in [4.69, 9.17) is 0 Å². The molecule has 0 radical (unpaired) electrons. The molecule has 0 N–H and O–H groups in total. The second-order valence-corrected chi connectivity index (χ2v) is 5.62. The highest BCUT2D eigenvalue weighted by atomic mass is 32.2. The molecular weight excluding hydrogens is 226 g/mol. The van der Waals surface area contributed by atoms with E-state index in [1.54, 1.807) is 18.7 Å². The van der Waals surface area contributed by atoms with Gasteiger partial charge in [0.25, 0.3) is 0 Å². The summed E-state index contributed by atoms with van der Waals surface area (Å²) in [4.78, 5) is 24.2. The SMILES string of the molecule is CCC(=O)N1[C@H](CC(C)C)SC[C@H]1C(=O)[O-]. The molecule has 0 unspecified atom stereocenters. The van der Waals surface area contributed by atoms with Crippen molar-refractivity contribution < 1.29 is 14.7 Å². The number of hydrogen-bond acceptors (Lipinski definition) is 4. The van der Waals surface area contributed by atoms with Gasteiger partial charge in [-0.2, -0.15) is 0 Å². The first-order chi connectivity index (χ1) is 7.47. The van der Waals surface area contributed by atoms with Crippen molar-refractivity contribution in [2.45, 2.75) is 45.0 Å². The fourth-order valence-corrected chi connectivity index (χ4v) is 3.49. The first kappa shape index (κ1) is 13.4. The van der Waals surface area contributed by atoms with Crippen LogP contribution >= 0.6 is 11.8 Å². The molecule has 1 aliphatic rings. The third-order valence-corrected chi connectivity index (χ3v) is 3.94. The fraction of sp³-hybridized carbons (Fsp3) is 0.818. The van der Waals surface area contributed by atoms with Crippen molar-refractivity contribution >= 4 is 23.6 Å². The number of aliphatic carboxylic acids is 1. The highest BCUT2D eigenvalue weighted by Gasteiger charge is 2.37. The minimum atomic E-state index is -1.14. The lowest BCUT2D eigenvalue weighted by Gasteiger charge is -2.30. The molecule has 1 heterocycles. The Balaban J connectivity index is 2.79. The van der Waals surface area contributed by atoms with E-state index in [0.29, 0.717) is 18.1 Å². The minimum absolute atomic E-state index is 0.00431. The van der Waals surface area contributed by atoms with Crippen LogP contribution in [-0.2, 0) is 9.59 Å². The molecule has 1 fully saturated rings. The van der Waals surface area contributed by atoms with E-state index in [-0.39, 0.29) is 11.3 Å². The van der Waals surface area contributed by atoms with Crippen molar-refractivity contribution in [3.8, 4) is 0 Å². The van der Waals surface area contributed by atoms with Gasteiger partial charge in [0.15, 0.2) is 0 Å². The van der Waals surface area contributed by atoms with Crippen LogP contribution in [0.15, 0.2) is 0 Å². The topological polar surface area (TPSA) is 60.4 Å². The molecule has 1 aliphatic heterocycles. The summed E-state index contributed by atoms with van der Waals surface area (Å²) in [5.74, 6) is -0.332. The van der Waals surface area contributed by atoms with Crippen LogP contribution in [0.2, 0.25) is 0 Å². The Morgan fingerprint density at radius 1 is 1.50 bits per heavy atom. The third kappa shape index (κ3) is 2.90. The van der Waals surface area contributed by atoms with Crippen LogP contribution in [0.1, 0.15) is 33.6 Å². The first-order valence-corrected chi connectivity index (χ1v) is 6.65. The van der Waals surface area contributed by atoms with Gasteiger partial charge in [-0.05, 0) is 12.3 Å². The molecule has 1 amide bonds. The van der Waals surface area contributed by atoms with Gasteiger partial charge < -0.3 is 14.8 Å². The van der Waals surface area contributed by atoms with Crippen molar-refractivity contribution in [3.05, 3.63) is 0 Å². The van der Waals surface area contributed by atoms with Crippen LogP contribution < -0.4 is 5.11 Å². The molecule has 0 aromatic carbocycles. The summed E-state index contributed by atoms with van der Waals surface area (Å²) >= 11 is 1.54. The Bertz CT molecular complexity index is 280. The van der Waals surface area contributed by atoms with Crippen LogP contribution in [0.3, 0.4) is 0 Å². The van der Waals surface area contributed by atoms with Crippen molar-refractivity contribution in [2.24, 2.45) is 5.92 Å². The molecule has 1 saturated heterocycles. The smallest absolute Gasteiger partial charge is 0.223 e. The maximum Gasteiger partial charge on any atom is 0.223 e. The number of rotatable bonds is 4. The minimum Gasteiger partial charge on any atom is -0.548 e. The quantitative estimate of drug-likeness (QED) is 0.721. The van der Waals surface area contributed by atoms with Crippen LogP contribution in [0.25, 0.3) is 0 Å². The Kier molecular flexibility index (Phi) is 4.65. The van der Waals surface area contributed by atoms with Crippen LogP contribution in [0, 0.1) is 5.92 Å². The van der Waals surface area contributed by atoms with Crippen molar-refractivity contribution in [3.63, 3.8) is 0 Å². The molecule has 16 heavy (non-hydrogen) atoms. The fourth-order valence-electron chi connectivity index (χ4n) is 1.85. The van der Waals surface area contributed by atoms with Crippen LogP contribution in [0.4, 0.5) is 0 Å². The standard InChI is InChI=1S/C11H19NO3S/c1-4-9(13)12-8(11(14)15)6-16-10(12)5-7(2)3/h7-8,10H,4-6H2,1-3H3,(H,14,15)/p-1/t8-,10-/m0/s1. The Hall–Kier alpha value is -0.710. The van der Waals surface area contributed by atoms with Crippen molar-refractivity contribution in [1.82, 2.24) is 4.90 Å². The van der Waals surface area contributed by atoms with Gasteiger partial charge in [-0.25, -0.2) is 0 Å². The highest BCUT2D eigenvalue weighted by Crippen LogP contribution is 2.33. The Labute approximate surface area is 100 Å². The van der Waals surface area contributed by atoms with Crippen LogP contribution in [0.5, 0.6) is 0 Å². The van der Waals surface area contributed by atoms with Gasteiger partial charge in [-0.1, -0.05) is 20.8 Å². The number of amides is 1. The molecule has 4 nitrogen and oxygen atoms in total. The van der Waals surface area contributed by atoms with Crippen LogP contribution in [-0.4, -0.2) is 33.9 Å². The van der Waals surface area contributed by atoms with Gasteiger partial charge in [-0.15, -0.1) is 11.8 Å². The van der Waals surface area contributed by atoms with Gasteiger partial charge in [0.05, 0.1) is 17.4 Å². The van der Waals surface area contributed by atoms with E-state index in [2.05, 4.69) is 13.8 Å². The average Bonchev–Trinajstić information content (AvgIpc) is 2.59. The number of hydrogen-bond donors (Lipinski definition) is 0. The summed E-state index contributed by atoms with van der Waals surface area (Å²) < 4.78 is 0. The molecule has 5 heteroatoms. The zero-order chi connectivity index (χ0) is 12.3. The van der Waals surface area contributed by atoms with E-state index >= 15 is 0 Å². The normalized spacial score (nSPS) is 25.1. The molecule has 2 atom stereocenters. The number of thioether (sulfide) groups is 1. The summed E-state index contributed by atoms with van der Waals surface area (Å²) in [6, 6.07) is -0.749. The summed E-state index contributed by atoms with van der Waals surface area (Å²) in [5, 5.41) is 10.9. The maximum absolute atomic E-state index is 11.7. The number of carboxylic acids is 1. The second-order valence-electron chi connectivity index (χ2n) is 4.41. The van der Waals surface area contributed by atoms with E-state index < -0.39 is 12.0 Å². The average molecular weight is 244 g/mol. The Morgan fingerprint density at radius 3 is 2.56 bits per heavy atom. The number of carbonyl (C=O) groups excluding carboxylic acids is 2. The van der Waals surface area contributed by atoms with E-state index in [9.17, 15) is 14.7 Å². The largest absolute Gasteiger partial charge is 0.548 e. The summed E-state index contributed by atoms with van der Waals surface area (Å²) in [6.45, 7) is 5.90. The Morgan fingerprint density at radius 2 is 2.12 bits per heavy atom. The summed E-state index contributed by atoms with van der Waals surface area (Å²) in [6.07, 6.45) is 1.18. The predicted octanol–water partition coefficient (Wildman–Crippen LogP) is 0.462. The molecule has 0 spiro atoms. The lowest BCUT2D eigenvalue weighted by Crippen LogP contribution is -2.50. The first-order valence-electron chi connectivity index (χ1n) is 5.61. The number of carboxylic acid groups (broad SMARTS) is 1. The number of nitrogens with zero attached hydrogens (tertiary/aromatic N) is 1. The zero-order valence-corrected chi connectivity index (χ0v) is 10.8. The molecule has 0 aliphatic carbocycles. The maximum atomic E-state index is 11.7. The van der Waals surface area contributed by atoms with E-state index in [0.717, 1.165) is 6.42 Å². The van der Waals surface area contributed by atoms with Gasteiger partial charge >= 0.3 is 0 Å². The monoisotopic (exact) mass is 244 g/mol. The summed E-state index contributed by atoms with van der Waals surface area (Å²) in [5.41, 5.74) is 0. The van der Waals surface area contributed by atoms with Gasteiger partial charge in [0.1, 0.15) is 0 Å². The van der Waals surface area contributed by atoms with E-state index in [1.165, 1.54) is 4.90 Å². The lowest BCUT2D eigenvalue weighted by molar-refractivity contribution is -0.310. The molecule has 0 bridgehead atoms. The zero-order valence-electron chi connectivity index (χ0n) is 9.93. The highest BCUT2D eigenvalue weighted by molar-refractivity contribution is 8.00. The lowest BCUT2D eigenvalue weighted by atomic mass is 10.1. The van der Waals surface area contributed by atoms with E-state index in [1.807, 2.05) is 0 Å². The number of carbonyl (C=O) groups is 2. The van der Waals surface area contributed by atoms with Gasteiger partial charge in [0, 0.05) is 12.2 Å². The second kappa shape index (κ2) is 5.57. The molecule has 0 saturated carbocycles. The molecular formula is C11H18NO3S-. The van der Waals surface area contributed by atoms with Gasteiger partial charge in [-0.3, -0.25) is 4.79 Å². The van der Waals surface area contributed by atoms with Crippen molar-refractivity contribution in [1.29, 1.82) is 0 Å². The summed E-state index contributed by atoms with van der Waals surface area (Å²) in [7, 11) is 0. The predicted molar refractivity (Wildman–Crippen MR) is 61.6 cm³/mol. The molecule has 0 aromatic rings. The third-order valence-electron chi connectivity index (χ3n) is 2.63. The van der Waals surface area contributed by atoms with Gasteiger partial charge in [0.2, 0.25) is 5.91 Å². The molecule has 0 aromatic heterocycles.